The Morgan fingerprint density at radius 1 is 1.59 bits per heavy atom. The molecule has 1 unspecified atom stereocenters. The third kappa shape index (κ3) is 3.90. The molecule has 1 amide bonds. The molecule has 1 aromatic carbocycles. The van der Waals surface area contributed by atoms with Gasteiger partial charge in [-0.05, 0) is 24.6 Å². The standard InChI is InChI=1S/C11H16FN3OS/c1-2-3-10(11(16)15-14)17-9-5-4-7(13)6-8(9)12/h4-6,10H,2-3,13-14H2,1H3,(H,15,16). The molecule has 4 nitrogen and oxygen atoms in total. The summed E-state index contributed by atoms with van der Waals surface area (Å²) < 4.78 is 13.6. The molecule has 1 rings (SSSR count). The molecule has 0 fully saturated rings. The topological polar surface area (TPSA) is 81.1 Å². The van der Waals surface area contributed by atoms with E-state index in [0.717, 1.165) is 18.2 Å². The van der Waals surface area contributed by atoms with Crippen molar-refractivity contribution in [3.05, 3.63) is 24.0 Å². The lowest BCUT2D eigenvalue weighted by Gasteiger charge is -2.14. The number of carbonyl (C=O) groups excluding carboxylic acids is 1. The molecule has 1 atom stereocenters. The Bertz CT molecular complexity index is 400. The lowest BCUT2D eigenvalue weighted by molar-refractivity contribution is -0.120. The maximum Gasteiger partial charge on any atom is 0.247 e. The number of halogens is 1. The Morgan fingerprint density at radius 2 is 2.29 bits per heavy atom. The van der Waals surface area contributed by atoms with Gasteiger partial charge in [0.05, 0.1) is 5.25 Å². The van der Waals surface area contributed by atoms with Crippen molar-refractivity contribution in [1.29, 1.82) is 0 Å². The van der Waals surface area contributed by atoms with Crippen LogP contribution in [0.1, 0.15) is 19.8 Å². The fraction of sp³-hybridized carbons (Fsp3) is 0.364. The third-order valence-electron chi connectivity index (χ3n) is 2.21. The number of anilines is 1. The van der Waals surface area contributed by atoms with Crippen molar-refractivity contribution in [2.24, 2.45) is 5.84 Å². The second-order valence-corrected chi connectivity index (χ2v) is 4.84. The quantitative estimate of drug-likeness (QED) is 0.246. The Morgan fingerprint density at radius 3 is 2.82 bits per heavy atom. The van der Waals surface area contributed by atoms with E-state index in [2.05, 4.69) is 5.43 Å². The SMILES string of the molecule is CCCC(Sc1ccc(N)cc1F)C(=O)NN. The molecular weight excluding hydrogens is 241 g/mol. The van der Waals surface area contributed by atoms with Crippen molar-refractivity contribution in [3.63, 3.8) is 0 Å². The number of nitrogen functional groups attached to an aromatic ring is 1. The smallest absolute Gasteiger partial charge is 0.247 e. The summed E-state index contributed by atoms with van der Waals surface area (Å²) >= 11 is 1.16. The monoisotopic (exact) mass is 257 g/mol. The minimum absolute atomic E-state index is 0.298. The molecule has 0 aliphatic rings. The van der Waals surface area contributed by atoms with E-state index in [1.165, 1.54) is 6.07 Å². The lowest BCUT2D eigenvalue weighted by Crippen LogP contribution is -2.37. The van der Waals surface area contributed by atoms with Crippen LogP contribution < -0.4 is 17.0 Å². The highest BCUT2D eigenvalue weighted by Gasteiger charge is 2.19. The van der Waals surface area contributed by atoms with Crippen molar-refractivity contribution in [2.75, 3.05) is 5.73 Å². The Labute approximate surface area is 104 Å². The van der Waals surface area contributed by atoms with Crippen LogP contribution in [0.2, 0.25) is 0 Å². The van der Waals surface area contributed by atoms with Gasteiger partial charge in [0.2, 0.25) is 5.91 Å². The van der Waals surface area contributed by atoms with Crippen LogP contribution in [0.25, 0.3) is 0 Å². The summed E-state index contributed by atoms with van der Waals surface area (Å²) in [6.07, 6.45) is 1.46. The van der Waals surface area contributed by atoms with Crippen molar-refractivity contribution < 1.29 is 9.18 Å². The van der Waals surface area contributed by atoms with Crippen LogP contribution in [-0.4, -0.2) is 11.2 Å². The van der Waals surface area contributed by atoms with E-state index < -0.39 is 5.82 Å². The fourth-order valence-electron chi connectivity index (χ4n) is 1.36. The van der Waals surface area contributed by atoms with Gasteiger partial charge in [0.25, 0.3) is 0 Å². The van der Waals surface area contributed by atoms with E-state index in [1.807, 2.05) is 6.92 Å². The van der Waals surface area contributed by atoms with Gasteiger partial charge in [-0.25, -0.2) is 10.2 Å². The predicted octanol–water partition coefficient (Wildman–Crippen LogP) is 1.66. The maximum absolute atomic E-state index is 13.6. The maximum atomic E-state index is 13.6. The minimum Gasteiger partial charge on any atom is -0.399 e. The summed E-state index contributed by atoms with van der Waals surface area (Å²) in [5.74, 6) is 4.38. The Kier molecular flexibility index (Phi) is 5.24. The van der Waals surface area contributed by atoms with Gasteiger partial charge in [-0.15, -0.1) is 11.8 Å². The fourth-order valence-corrected chi connectivity index (χ4v) is 2.52. The summed E-state index contributed by atoms with van der Waals surface area (Å²) in [7, 11) is 0. The second-order valence-electron chi connectivity index (χ2n) is 3.59. The first-order valence-corrected chi connectivity index (χ1v) is 6.18. The molecule has 0 aliphatic carbocycles. The number of carbonyl (C=O) groups is 1. The number of amides is 1. The normalized spacial score (nSPS) is 12.2. The number of hydrogen-bond acceptors (Lipinski definition) is 4. The molecule has 94 valence electrons. The summed E-state index contributed by atoms with van der Waals surface area (Å²) in [5, 5.41) is -0.386. The largest absolute Gasteiger partial charge is 0.399 e. The first kappa shape index (κ1) is 13.8. The molecule has 0 bridgehead atoms. The summed E-state index contributed by atoms with van der Waals surface area (Å²) in [6.45, 7) is 1.96. The van der Waals surface area contributed by atoms with E-state index in [0.29, 0.717) is 17.0 Å². The van der Waals surface area contributed by atoms with Gasteiger partial charge in [-0.3, -0.25) is 10.2 Å². The Balaban J connectivity index is 2.82. The van der Waals surface area contributed by atoms with E-state index in [1.54, 1.807) is 12.1 Å². The number of rotatable bonds is 5. The zero-order chi connectivity index (χ0) is 12.8. The first-order valence-electron chi connectivity index (χ1n) is 5.30. The van der Waals surface area contributed by atoms with Gasteiger partial charge in [-0.1, -0.05) is 13.3 Å². The zero-order valence-electron chi connectivity index (χ0n) is 9.57. The van der Waals surface area contributed by atoms with Crippen LogP contribution >= 0.6 is 11.8 Å². The summed E-state index contributed by atoms with van der Waals surface area (Å²) in [5.41, 5.74) is 7.91. The van der Waals surface area contributed by atoms with Gasteiger partial charge in [0.1, 0.15) is 5.82 Å². The molecule has 5 N–H and O–H groups in total. The van der Waals surface area contributed by atoms with Crippen LogP contribution in [0.4, 0.5) is 10.1 Å². The van der Waals surface area contributed by atoms with Crippen LogP contribution in [-0.2, 0) is 4.79 Å². The highest BCUT2D eigenvalue weighted by atomic mass is 32.2. The molecule has 0 saturated carbocycles. The molecule has 0 aliphatic heterocycles. The predicted molar refractivity (Wildman–Crippen MR) is 67.7 cm³/mol. The van der Waals surface area contributed by atoms with E-state index in [-0.39, 0.29) is 11.2 Å². The van der Waals surface area contributed by atoms with E-state index in [4.69, 9.17) is 11.6 Å². The number of benzene rings is 1. The van der Waals surface area contributed by atoms with Crippen LogP contribution in [0.5, 0.6) is 0 Å². The van der Waals surface area contributed by atoms with Crippen LogP contribution in [0, 0.1) is 5.82 Å². The molecule has 1 aromatic rings. The van der Waals surface area contributed by atoms with Crippen LogP contribution in [0.15, 0.2) is 23.1 Å². The van der Waals surface area contributed by atoms with Crippen molar-refractivity contribution >= 4 is 23.4 Å². The molecule has 0 radical (unpaired) electrons. The third-order valence-corrected chi connectivity index (χ3v) is 3.53. The molecule has 0 spiro atoms. The van der Waals surface area contributed by atoms with E-state index >= 15 is 0 Å². The second kappa shape index (κ2) is 6.46. The van der Waals surface area contributed by atoms with Crippen LogP contribution in [0.3, 0.4) is 0 Å². The van der Waals surface area contributed by atoms with Gasteiger partial charge >= 0.3 is 0 Å². The van der Waals surface area contributed by atoms with Crippen molar-refractivity contribution in [3.8, 4) is 0 Å². The summed E-state index contributed by atoms with van der Waals surface area (Å²) in [6, 6.07) is 4.42. The molecular formula is C11H16FN3OS. The minimum atomic E-state index is -0.416. The molecule has 17 heavy (non-hydrogen) atoms. The highest BCUT2D eigenvalue weighted by Crippen LogP contribution is 2.29. The number of nitrogens with two attached hydrogens (primary N) is 2. The first-order chi connectivity index (χ1) is 8.08. The van der Waals surface area contributed by atoms with E-state index in [9.17, 15) is 9.18 Å². The van der Waals surface area contributed by atoms with Gasteiger partial charge < -0.3 is 5.73 Å². The Hall–Kier alpha value is -1.27. The molecule has 0 heterocycles. The van der Waals surface area contributed by atoms with Gasteiger partial charge in [0.15, 0.2) is 0 Å². The number of nitrogens with one attached hydrogen (secondary N) is 1. The molecule has 0 aromatic heterocycles. The lowest BCUT2D eigenvalue weighted by atomic mass is 10.2. The summed E-state index contributed by atoms with van der Waals surface area (Å²) in [4.78, 5) is 11.9. The number of thioether (sulfide) groups is 1. The van der Waals surface area contributed by atoms with Crippen molar-refractivity contribution in [2.45, 2.75) is 29.9 Å². The zero-order valence-corrected chi connectivity index (χ0v) is 10.4. The average Bonchev–Trinajstić information content (AvgIpc) is 2.30. The number of hydrogen-bond donors (Lipinski definition) is 3. The molecule has 6 heteroatoms. The van der Waals surface area contributed by atoms with Gasteiger partial charge in [0, 0.05) is 10.6 Å². The molecule has 0 saturated heterocycles. The highest BCUT2D eigenvalue weighted by molar-refractivity contribution is 8.00. The number of hydrazine groups is 1. The van der Waals surface area contributed by atoms with Crippen molar-refractivity contribution in [1.82, 2.24) is 5.43 Å². The average molecular weight is 257 g/mol. The van der Waals surface area contributed by atoms with Gasteiger partial charge in [-0.2, -0.15) is 0 Å².